The first-order valence-electron chi connectivity index (χ1n) is 6.62. The molecule has 19 heavy (non-hydrogen) atoms. The van der Waals surface area contributed by atoms with Gasteiger partial charge >= 0.3 is 0 Å². The molecule has 2 aliphatic heterocycles. The van der Waals surface area contributed by atoms with E-state index in [0.717, 1.165) is 65.0 Å². The lowest BCUT2D eigenvalue weighted by Crippen LogP contribution is -2.45. The van der Waals surface area contributed by atoms with Gasteiger partial charge in [0, 0.05) is 25.7 Å². The fourth-order valence-electron chi connectivity index (χ4n) is 2.69. The molecule has 0 aromatic carbocycles. The largest absolute Gasteiger partial charge is 0.392 e. The van der Waals surface area contributed by atoms with Gasteiger partial charge in [0.1, 0.15) is 0 Å². The van der Waals surface area contributed by atoms with Crippen molar-refractivity contribution >= 4 is 37.2 Å². The van der Waals surface area contributed by atoms with Crippen LogP contribution < -0.4 is 5.73 Å². The number of aliphatic hydroxyl groups is 1. The number of β-amino-alcohol motifs (C(OH)–C–C–N with tert-alkyl or cyclic N) is 1. The summed E-state index contributed by atoms with van der Waals surface area (Å²) in [6.07, 6.45) is 4.32. The highest BCUT2D eigenvalue weighted by atomic mass is 35.5. The lowest BCUT2D eigenvalue weighted by molar-refractivity contribution is 0.0625. The third-order valence-corrected chi connectivity index (χ3v) is 3.85. The van der Waals surface area contributed by atoms with Gasteiger partial charge in [0.2, 0.25) is 0 Å². The Bertz CT molecular complexity index is 216. The van der Waals surface area contributed by atoms with Crippen molar-refractivity contribution in [3.05, 3.63) is 0 Å². The van der Waals surface area contributed by atoms with E-state index in [0.29, 0.717) is 6.04 Å². The summed E-state index contributed by atoms with van der Waals surface area (Å²) in [5.41, 5.74) is 5.88. The maximum atomic E-state index is 9.58. The molecule has 118 valence electrons. The minimum Gasteiger partial charge on any atom is -0.392 e. The third-order valence-electron chi connectivity index (χ3n) is 3.85. The Morgan fingerprint density at radius 3 is 2.05 bits per heavy atom. The number of aliphatic hydroxyl groups excluding tert-OH is 1. The summed E-state index contributed by atoms with van der Waals surface area (Å²) in [5.74, 6) is 0. The number of nitrogens with two attached hydrogens (primary N) is 1. The number of rotatable bonds is 3. The van der Waals surface area contributed by atoms with Crippen molar-refractivity contribution in [3.63, 3.8) is 0 Å². The van der Waals surface area contributed by atoms with Crippen molar-refractivity contribution in [1.29, 1.82) is 0 Å². The SMILES string of the molecule is Cl.Cl.Cl.NC1CCN(CCN2CCC[C@@H](O)C2)CC1. The molecule has 1 atom stereocenters. The average molecular weight is 337 g/mol. The van der Waals surface area contributed by atoms with E-state index < -0.39 is 0 Å². The molecule has 0 bridgehead atoms. The van der Waals surface area contributed by atoms with Crippen LogP contribution in [0.1, 0.15) is 25.7 Å². The number of hydrogen-bond donors (Lipinski definition) is 2. The molecule has 0 spiro atoms. The summed E-state index contributed by atoms with van der Waals surface area (Å²) >= 11 is 0. The molecule has 2 rings (SSSR count). The van der Waals surface area contributed by atoms with E-state index in [-0.39, 0.29) is 43.3 Å². The first kappa shape index (κ1) is 22.0. The van der Waals surface area contributed by atoms with Crippen molar-refractivity contribution in [3.8, 4) is 0 Å². The van der Waals surface area contributed by atoms with Crippen molar-refractivity contribution in [2.45, 2.75) is 37.8 Å². The van der Waals surface area contributed by atoms with Crippen molar-refractivity contribution in [1.82, 2.24) is 9.80 Å². The topological polar surface area (TPSA) is 52.7 Å². The highest BCUT2D eigenvalue weighted by Crippen LogP contribution is 2.11. The molecule has 2 saturated heterocycles. The van der Waals surface area contributed by atoms with Crippen LogP contribution in [0, 0.1) is 0 Å². The van der Waals surface area contributed by atoms with Gasteiger partial charge in [0.15, 0.2) is 0 Å². The fourth-order valence-corrected chi connectivity index (χ4v) is 2.69. The van der Waals surface area contributed by atoms with E-state index in [1.54, 1.807) is 0 Å². The molecule has 0 unspecified atom stereocenters. The standard InChI is InChI=1S/C12H25N3O.3ClH/c13-11-3-6-14(7-4-11)8-9-15-5-1-2-12(16)10-15;;;/h11-12,16H,1-10,13H2;3*1H/t12-;;;/m1.../s1. The van der Waals surface area contributed by atoms with Crippen LogP contribution >= 0.6 is 37.2 Å². The number of hydrogen-bond acceptors (Lipinski definition) is 4. The highest BCUT2D eigenvalue weighted by molar-refractivity contribution is 5.86. The molecule has 4 nitrogen and oxygen atoms in total. The van der Waals surface area contributed by atoms with E-state index in [9.17, 15) is 5.11 Å². The Morgan fingerprint density at radius 1 is 0.895 bits per heavy atom. The predicted octanol–water partition coefficient (Wildman–Crippen LogP) is 1.13. The van der Waals surface area contributed by atoms with Gasteiger partial charge in [-0.15, -0.1) is 37.2 Å². The van der Waals surface area contributed by atoms with E-state index in [4.69, 9.17) is 5.73 Å². The number of piperidine rings is 2. The second-order valence-electron chi connectivity index (χ2n) is 5.28. The van der Waals surface area contributed by atoms with Crippen molar-refractivity contribution in [2.24, 2.45) is 5.73 Å². The van der Waals surface area contributed by atoms with E-state index in [1.807, 2.05) is 0 Å². The minimum absolute atomic E-state index is 0. The summed E-state index contributed by atoms with van der Waals surface area (Å²) in [6, 6.07) is 0.424. The Labute approximate surface area is 135 Å². The molecule has 0 aromatic heterocycles. The molecule has 0 aliphatic carbocycles. The zero-order chi connectivity index (χ0) is 11.4. The zero-order valence-corrected chi connectivity index (χ0v) is 13.8. The molecular formula is C12H28Cl3N3O. The lowest BCUT2D eigenvalue weighted by atomic mass is 10.1. The molecule has 2 heterocycles. The van der Waals surface area contributed by atoms with Crippen LogP contribution in [0.2, 0.25) is 0 Å². The Balaban J connectivity index is 0. The van der Waals surface area contributed by atoms with Gasteiger partial charge in [-0.1, -0.05) is 0 Å². The van der Waals surface area contributed by atoms with Crippen LogP contribution in [-0.4, -0.2) is 66.3 Å². The van der Waals surface area contributed by atoms with Crippen LogP contribution in [0.4, 0.5) is 0 Å². The molecule has 7 heteroatoms. The van der Waals surface area contributed by atoms with Crippen LogP contribution in [0.5, 0.6) is 0 Å². The summed E-state index contributed by atoms with van der Waals surface area (Å²) < 4.78 is 0. The second-order valence-corrected chi connectivity index (χ2v) is 5.28. The number of nitrogens with zero attached hydrogens (tertiary/aromatic N) is 2. The Hall–Kier alpha value is 0.710. The quantitative estimate of drug-likeness (QED) is 0.811. The molecule has 0 radical (unpaired) electrons. The average Bonchev–Trinajstić information content (AvgIpc) is 2.28. The van der Waals surface area contributed by atoms with Crippen molar-refractivity contribution < 1.29 is 5.11 Å². The number of halogens is 3. The van der Waals surface area contributed by atoms with Gasteiger partial charge in [-0.05, 0) is 45.3 Å². The zero-order valence-electron chi connectivity index (χ0n) is 11.4. The van der Waals surface area contributed by atoms with Crippen molar-refractivity contribution in [2.75, 3.05) is 39.3 Å². The van der Waals surface area contributed by atoms with Gasteiger partial charge in [-0.3, -0.25) is 4.90 Å². The lowest BCUT2D eigenvalue weighted by Gasteiger charge is -2.34. The monoisotopic (exact) mass is 335 g/mol. The predicted molar refractivity (Wildman–Crippen MR) is 87.1 cm³/mol. The molecule has 3 N–H and O–H groups in total. The number of likely N-dealkylation sites (tertiary alicyclic amines) is 2. The molecular weight excluding hydrogens is 309 g/mol. The first-order chi connectivity index (χ1) is 7.74. The molecule has 2 fully saturated rings. The fraction of sp³-hybridized carbons (Fsp3) is 1.00. The van der Waals surface area contributed by atoms with Gasteiger partial charge in [0.25, 0.3) is 0 Å². The van der Waals surface area contributed by atoms with Crippen LogP contribution in [0.25, 0.3) is 0 Å². The summed E-state index contributed by atoms with van der Waals surface area (Å²) in [7, 11) is 0. The Kier molecular flexibility index (Phi) is 13.2. The summed E-state index contributed by atoms with van der Waals surface area (Å²) in [5, 5.41) is 9.58. The Morgan fingerprint density at radius 2 is 1.47 bits per heavy atom. The minimum atomic E-state index is -0.0940. The maximum absolute atomic E-state index is 9.58. The first-order valence-corrected chi connectivity index (χ1v) is 6.62. The van der Waals surface area contributed by atoms with Crippen LogP contribution in [0.3, 0.4) is 0 Å². The van der Waals surface area contributed by atoms with Gasteiger partial charge < -0.3 is 15.7 Å². The molecule has 0 saturated carbocycles. The smallest absolute Gasteiger partial charge is 0.0667 e. The van der Waals surface area contributed by atoms with E-state index >= 15 is 0 Å². The van der Waals surface area contributed by atoms with Gasteiger partial charge in [-0.25, -0.2) is 0 Å². The summed E-state index contributed by atoms with van der Waals surface area (Å²) in [6.45, 7) is 6.57. The molecule has 0 aromatic rings. The second kappa shape index (κ2) is 11.4. The molecule has 2 aliphatic rings. The van der Waals surface area contributed by atoms with Gasteiger partial charge in [0.05, 0.1) is 6.10 Å². The normalized spacial score (nSPS) is 25.9. The van der Waals surface area contributed by atoms with E-state index in [1.165, 1.54) is 0 Å². The van der Waals surface area contributed by atoms with Crippen LogP contribution in [0.15, 0.2) is 0 Å². The highest BCUT2D eigenvalue weighted by Gasteiger charge is 2.20. The third kappa shape index (κ3) is 7.90. The van der Waals surface area contributed by atoms with Gasteiger partial charge in [-0.2, -0.15) is 0 Å². The van der Waals surface area contributed by atoms with E-state index in [2.05, 4.69) is 9.80 Å². The summed E-state index contributed by atoms with van der Waals surface area (Å²) in [4.78, 5) is 4.90. The van der Waals surface area contributed by atoms with Crippen LogP contribution in [-0.2, 0) is 0 Å². The maximum Gasteiger partial charge on any atom is 0.0667 e. The molecule has 0 amide bonds.